The molecular weight excluding hydrogens is 683 g/mol. The average molecular weight is 716 g/mol. The van der Waals surface area contributed by atoms with Crippen molar-refractivity contribution in [3.8, 4) is 78.7 Å². The van der Waals surface area contributed by atoms with E-state index in [0.29, 0.717) is 17.5 Å². The van der Waals surface area contributed by atoms with Gasteiger partial charge in [-0.05, 0) is 87.0 Å². The van der Waals surface area contributed by atoms with Crippen molar-refractivity contribution in [1.29, 1.82) is 0 Å². The van der Waals surface area contributed by atoms with Gasteiger partial charge in [0.2, 0.25) is 0 Å². The van der Waals surface area contributed by atoms with Crippen LogP contribution in [0.5, 0.6) is 0 Å². The largest absolute Gasteiger partial charge is 0.256 e. The molecule has 5 nitrogen and oxygen atoms in total. The zero-order valence-electron chi connectivity index (χ0n) is 30.3. The Labute approximate surface area is 324 Å². The summed E-state index contributed by atoms with van der Waals surface area (Å²) in [4.78, 5) is 24.3. The molecule has 3 heterocycles. The van der Waals surface area contributed by atoms with Crippen LogP contribution in [0.25, 0.3) is 100 Å². The number of pyridine rings is 2. The molecule has 7 aromatic carbocycles. The molecule has 0 bridgehead atoms. The topological polar surface area (TPSA) is 64.5 Å². The van der Waals surface area contributed by atoms with E-state index >= 15 is 0 Å². The van der Waals surface area contributed by atoms with E-state index in [0.717, 1.165) is 83.0 Å². The van der Waals surface area contributed by atoms with Gasteiger partial charge in [-0.1, -0.05) is 146 Å². The molecule has 0 aliphatic heterocycles. The first-order chi connectivity index (χ1) is 27.7. The molecule has 0 aliphatic carbocycles. The molecule has 10 rings (SSSR count). The first-order valence-corrected chi connectivity index (χ1v) is 18.7. The number of hydrogen-bond donors (Lipinski definition) is 0. The van der Waals surface area contributed by atoms with Crippen LogP contribution in [-0.2, 0) is 0 Å². The number of rotatable bonds is 7. The lowest BCUT2D eigenvalue weighted by atomic mass is 9.93. The van der Waals surface area contributed by atoms with E-state index in [1.807, 2.05) is 85.2 Å². The molecule has 0 atom stereocenters. The molecule has 0 fully saturated rings. The molecule has 262 valence electrons. The lowest BCUT2D eigenvalue weighted by Gasteiger charge is -2.14. The fraction of sp³-hybridized carbons (Fsp3) is 0. The summed E-state index contributed by atoms with van der Waals surface area (Å²) in [6.45, 7) is 0. The normalized spacial score (nSPS) is 11.2. The highest BCUT2D eigenvalue weighted by Gasteiger charge is 2.16. The summed E-state index contributed by atoms with van der Waals surface area (Å²) < 4.78 is 0. The van der Waals surface area contributed by atoms with Crippen LogP contribution >= 0.6 is 0 Å². The molecule has 56 heavy (non-hydrogen) atoms. The highest BCUT2D eigenvalue weighted by molar-refractivity contribution is 5.96. The molecule has 0 saturated carbocycles. The van der Waals surface area contributed by atoms with Gasteiger partial charge in [0.1, 0.15) is 0 Å². The van der Waals surface area contributed by atoms with Crippen molar-refractivity contribution >= 4 is 21.8 Å². The molecule has 5 heteroatoms. The Bertz CT molecular complexity index is 2790. The summed E-state index contributed by atoms with van der Waals surface area (Å²) in [6.07, 6.45) is 3.76. The molecule has 0 aliphatic rings. The minimum atomic E-state index is 0.612. The van der Waals surface area contributed by atoms with Crippen molar-refractivity contribution in [2.45, 2.75) is 0 Å². The molecular formula is C51H33N5. The van der Waals surface area contributed by atoms with Crippen molar-refractivity contribution < 1.29 is 0 Å². The highest BCUT2D eigenvalue weighted by Crippen LogP contribution is 2.36. The van der Waals surface area contributed by atoms with Crippen molar-refractivity contribution in [2.24, 2.45) is 0 Å². The minimum Gasteiger partial charge on any atom is -0.256 e. The van der Waals surface area contributed by atoms with Gasteiger partial charge in [-0.25, -0.2) is 15.0 Å². The molecule has 3 aromatic heterocycles. The van der Waals surface area contributed by atoms with Crippen LogP contribution in [0.4, 0.5) is 0 Å². The van der Waals surface area contributed by atoms with Crippen molar-refractivity contribution in [2.75, 3.05) is 0 Å². The van der Waals surface area contributed by atoms with Crippen LogP contribution < -0.4 is 0 Å². The molecule has 0 radical (unpaired) electrons. The lowest BCUT2D eigenvalue weighted by molar-refractivity contribution is 1.07. The first-order valence-electron chi connectivity index (χ1n) is 18.7. The SMILES string of the molecule is c1ccc(-c2nc(-c3ccccc3)nc(-c3cc(-c4ccc(-c5ccnc6ccccc56)cc4)cc(-c4ccc(-c5ccnc6ccccc56)cc4)c3)n2)cc1. The molecule has 0 spiro atoms. The standard InChI is InChI=1S/C51H33N5/c1-3-11-38(12-4-1)49-54-50(39-13-5-2-6-14-39)56-51(55-49)42-32-40(34-19-23-36(24-20-34)43-27-29-52-47-17-9-7-15-45(43)47)31-41(33-42)35-21-25-37(26-22-35)44-28-30-53-48-18-10-8-16-46(44)48/h1-33H. The fourth-order valence-electron chi connectivity index (χ4n) is 7.41. The van der Waals surface area contributed by atoms with Crippen molar-refractivity contribution in [3.63, 3.8) is 0 Å². The summed E-state index contributed by atoms with van der Waals surface area (Å²) >= 11 is 0. The Balaban J connectivity index is 1.12. The van der Waals surface area contributed by atoms with Crippen LogP contribution in [0.1, 0.15) is 0 Å². The maximum Gasteiger partial charge on any atom is 0.164 e. The Kier molecular flexibility index (Phi) is 8.43. The third-order valence-electron chi connectivity index (χ3n) is 10.2. The zero-order valence-corrected chi connectivity index (χ0v) is 30.3. The fourth-order valence-corrected chi connectivity index (χ4v) is 7.41. The van der Waals surface area contributed by atoms with Crippen molar-refractivity contribution in [1.82, 2.24) is 24.9 Å². The van der Waals surface area contributed by atoms with E-state index in [1.54, 1.807) is 0 Å². The van der Waals surface area contributed by atoms with E-state index in [2.05, 4.69) is 125 Å². The summed E-state index contributed by atoms with van der Waals surface area (Å²) in [5, 5.41) is 2.27. The lowest BCUT2D eigenvalue weighted by Crippen LogP contribution is -2.00. The number of nitrogens with zero attached hydrogens (tertiary/aromatic N) is 5. The van der Waals surface area contributed by atoms with Gasteiger partial charge in [0.15, 0.2) is 17.5 Å². The van der Waals surface area contributed by atoms with Gasteiger partial charge < -0.3 is 0 Å². The highest BCUT2D eigenvalue weighted by atomic mass is 15.0. The Morgan fingerprint density at radius 3 is 1.05 bits per heavy atom. The van der Waals surface area contributed by atoms with Crippen LogP contribution in [0.2, 0.25) is 0 Å². The smallest absolute Gasteiger partial charge is 0.164 e. The Morgan fingerprint density at radius 1 is 0.250 bits per heavy atom. The predicted molar refractivity (Wildman–Crippen MR) is 228 cm³/mol. The Morgan fingerprint density at radius 2 is 0.607 bits per heavy atom. The molecule has 0 saturated heterocycles. The number of fused-ring (bicyclic) bond motifs is 2. The van der Waals surface area contributed by atoms with E-state index in [-0.39, 0.29) is 0 Å². The van der Waals surface area contributed by atoms with Crippen LogP contribution in [-0.4, -0.2) is 24.9 Å². The van der Waals surface area contributed by atoms with Gasteiger partial charge >= 0.3 is 0 Å². The molecule has 0 N–H and O–H groups in total. The van der Waals surface area contributed by atoms with Gasteiger partial charge in [-0.15, -0.1) is 0 Å². The van der Waals surface area contributed by atoms with Crippen LogP contribution in [0.15, 0.2) is 200 Å². The second kappa shape index (κ2) is 14.3. The minimum absolute atomic E-state index is 0.612. The second-order valence-electron chi connectivity index (χ2n) is 13.7. The number of para-hydroxylation sites is 2. The van der Waals surface area contributed by atoms with Crippen LogP contribution in [0.3, 0.4) is 0 Å². The summed E-state index contributed by atoms with van der Waals surface area (Å²) in [6, 6.07) is 65.1. The van der Waals surface area contributed by atoms with E-state index in [1.165, 1.54) is 0 Å². The molecule has 10 aromatic rings. The zero-order chi connectivity index (χ0) is 37.3. The van der Waals surface area contributed by atoms with E-state index < -0.39 is 0 Å². The van der Waals surface area contributed by atoms with E-state index in [4.69, 9.17) is 15.0 Å². The summed E-state index contributed by atoms with van der Waals surface area (Å²) in [7, 11) is 0. The van der Waals surface area contributed by atoms with Gasteiger partial charge in [-0.3, -0.25) is 9.97 Å². The Hall–Kier alpha value is -7.63. The number of hydrogen-bond acceptors (Lipinski definition) is 5. The van der Waals surface area contributed by atoms with E-state index in [9.17, 15) is 0 Å². The number of aromatic nitrogens is 5. The predicted octanol–water partition coefficient (Wildman–Crippen LogP) is 12.6. The summed E-state index contributed by atoms with van der Waals surface area (Å²) in [5.41, 5.74) is 13.7. The molecule has 0 unspecified atom stereocenters. The van der Waals surface area contributed by atoms with Crippen LogP contribution in [0, 0.1) is 0 Å². The third-order valence-corrected chi connectivity index (χ3v) is 10.2. The van der Waals surface area contributed by atoms with Gasteiger partial charge in [0.05, 0.1) is 11.0 Å². The van der Waals surface area contributed by atoms with Crippen molar-refractivity contribution in [3.05, 3.63) is 200 Å². The first kappa shape index (κ1) is 33.0. The summed E-state index contributed by atoms with van der Waals surface area (Å²) in [5.74, 6) is 1.87. The van der Waals surface area contributed by atoms with Gasteiger partial charge in [-0.2, -0.15) is 0 Å². The second-order valence-corrected chi connectivity index (χ2v) is 13.7. The average Bonchev–Trinajstić information content (AvgIpc) is 3.29. The number of benzene rings is 7. The maximum absolute atomic E-state index is 5.10. The quantitative estimate of drug-likeness (QED) is 0.164. The molecule has 0 amide bonds. The van der Waals surface area contributed by atoms with Gasteiger partial charge in [0, 0.05) is 39.9 Å². The maximum atomic E-state index is 5.10. The monoisotopic (exact) mass is 715 g/mol. The van der Waals surface area contributed by atoms with Gasteiger partial charge in [0.25, 0.3) is 0 Å². The third kappa shape index (κ3) is 6.37.